The highest BCUT2D eigenvalue weighted by Gasteiger charge is 2.26. The van der Waals surface area contributed by atoms with Crippen molar-refractivity contribution in [3.8, 4) is 5.75 Å². The van der Waals surface area contributed by atoms with Gasteiger partial charge in [0.15, 0.2) is 5.13 Å². The number of aromatic hydroxyl groups is 1. The Morgan fingerprint density at radius 1 is 0.897 bits per heavy atom. The number of carbonyl (C=O) groups is 4. The zero-order valence-corrected chi connectivity index (χ0v) is 23.4. The van der Waals surface area contributed by atoms with Gasteiger partial charge in [0.2, 0.25) is 23.6 Å². The Balaban J connectivity index is 1.79. The molecule has 7 N–H and O–H groups in total. The minimum absolute atomic E-state index is 0.155. The number of hydrogen-bond acceptors (Lipinski definition) is 9. The fourth-order valence-corrected chi connectivity index (χ4v) is 4.82. The lowest BCUT2D eigenvalue weighted by atomic mass is 10.0. The third-order valence-corrected chi connectivity index (χ3v) is 7.31. The van der Waals surface area contributed by atoms with E-state index < -0.39 is 36.0 Å². The Morgan fingerprint density at radius 3 is 2.18 bits per heavy atom. The number of nitrogens with zero attached hydrogens (tertiary/aromatic N) is 1. The number of anilines is 1. The fraction of sp³-hybridized carbons (Fsp3) is 0.500. The Hall–Kier alpha value is -3.71. The van der Waals surface area contributed by atoms with Gasteiger partial charge in [-0.25, -0.2) is 4.98 Å². The summed E-state index contributed by atoms with van der Waals surface area (Å²) in [7, 11) is 1.65. The molecule has 1 aromatic carbocycles. The van der Waals surface area contributed by atoms with Gasteiger partial charge in [-0.3, -0.25) is 19.2 Å². The van der Waals surface area contributed by atoms with E-state index in [4.69, 9.17) is 0 Å². The summed E-state index contributed by atoms with van der Waals surface area (Å²) in [6, 6.07) is 1.98. The first-order valence-electron chi connectivity index (χ1n) is 12.9. The van der Waals surface area contributed by atoms with Crippen LogP contribution in [0.15, 0.2) is 24.4 Å². The molecule has 0 aliphatic carbocycles. The van der Waals surface area contributed by atoms with Crippen molar-refractivity contribution in [1.29, 1.82) is 0 Å². The zero-order valence-electron chi connectivity index (χ0n) is 22.6. The molecular weight excluding hydrogens is 522 g/mol. The molecule has 4 amide bonds. The number of thiazole rings is 1. The molecule has 4 bridgehead atoms. The summed E-state index contributed by atoms with van der Waals surface area (Å²) in [5, 5.41) is 28.0. The molecule has 2 heterocycles. The summed E-state index contributed by atoms with van der Waals surface area (Å²) in [6.07, 6.45) is 3.21. The van der Waals surface area contributed by atoms with Gasteiger partial charge in [0.25, 0.3) is 0 Å². The summed E-state index contributed by atoms with van der Waals surface area (Å²) < 4.78 is 0. The highest BCUT2D eigenvalue weighted by molar-refractivity contribution is 7.15. The average Bonchev–Trinajstić information content (AvgIpc) is 3.34. The van der Waals surface area contributed by atoms with E-state index in [1.165, 1.54) is 25.2 Å². The molecule has 0 radical (unpaired) electrons. The van der Waals surface area contributed by atoms with Crippen molar-refractivity contribution in [2.45, 2.75) is 64.2 Å². The zero-order chi connectivity index (χ0) is 28.5. The number of nitrogens with one attached hydrogen (secondary N) is 6. The smallest absolute Gasteiger partial charge is 0.242 e. The van der Waals surface area contributed by atoms with Crippen LogP contribution in [0.3, 0.4) is 0 Å². The van der Waals surface area contributed by atoms with Gasteiger partial charge in [-0.05, 0) is 57.9 Å². The highest BCUT2D eigenvalue weighted by Crippen LogP contribution is 2.26. The van der Waals surface area contributed by atoms with Crippen LogP contribution in [0.1, 0.15) is 43.2 Å². The van der Waals surface area contributed by atoms with Crippen molar-refractivity contribution >= 4 is 40.1 Å². The number of amides is 4. The van der Waals surface area contributed by atoms with E-state index in [-0.39, 0.29) is 17.6 Å². The summed E-state index contributed by atoms with van der Waals surface area (Å²) >= 11 is 1.48. The lowest BCUT2D eigenvalue weighted by molar-refractivity contribution is -0.133. The van der Waals surface area contributed by atoms with Gasteiger partial charge >= 0.3 is 0 Å². The quantitative estimate of drug-likeness (QED) is 0.256. The van der Waals surface area contributed by atoms with Crippen LogP contribution in [0, 0.1) is 0 Å². The molecule has 0 saturated heterocycles. The topological polar surface area (TPSA) is 174 Å². The van der Waals surface area contributed by atoms with Gasteiger partial charge in [-0.1, -0.05) is 12.1 Å². The van der Waals surface area contributed by atoms with Crippen LogP contribution in [0.4, 0.5) is 5.13 Å². The van der Waals surface area contributed by atoms with Crippen LogP contribution >= 0.6 is 11.3 Å². The fourth-order valence-electron chi connectivity index (χ4n) is 3.96. The molecule has 1 aliphatic heterocycles. The van der Waals surface area contributed by atoms with Gasteiger partial charge in [0, 0.05) is 30.6 Å². The Bertz CT molecular complexity index is 1190. The Labute approximate surface area is 231 Å². The maximum absolute atomic E-state index is 12.9. The maximum Gasteiger partial charge on any atom is 0.242 e. The van der Waals surface area contributed by atoms with Crippen molar-refractivity contribution < 1.29 is 24.3 Å². The third kappa shape index (κ3) is 8.65. The van der Waals surface area contributed by atoms with Crippen LogP contribution in [-0.2, 0) is 32.0 Å². The molecule has 1 aromatic heterocycles. The van der Waals surface area contributed by atoms with Crippen LogP contribution in [0.25, 0.3) is 0 Å². The van der Waals surface area contributed by atoms with Crippen molar-refractivity contribution in [3.05, 3.63) is 40.4 Å². The van der Waals surface area contributed by atoms with E-state index in [2.05, 4.69) is 36.9 Å². The summed E-state index contributed by atoms with van der Waals surface area (Å²) in [5.74, 6) is -1.62. The standard InChI is InChI=1S/C26H37N7O5S/c1-14-22(35)28-8-5-9-29-26-30-13-19(39-26)12-18-10-17(6-7-21(18)34)11-20(27-4)25(38)33-16(3)24(37)32-15(2)23(36)31-14/h6-7,10,13-16,20,27,34H,5,8-9,11-12H2,1-4H3,(H,28,35)(H,29,30)(H,31,36)(H,32,37)(H,33,38)/t14-,15-,16-,20-/m0/s1. The average molecular weight is 560 g/mol. The molecule has 12 nitrogen and oxygen atoms in total. The molecule has 0 saturated carbocycles. The second kappa shape index (κ2) is 13.9. The molecular formula is C26H37N7O5S. The number of phenols is 1. The van der Waals surface area contributed by atoms with Crippen LogP contribution < -0.4 is 31.9 Å². The number of carbonyl (C=O) groups excluding carboxylic acids is 4. The molecule has 39 heavy (non-hydrogen) atoms. The van der Waals surface area contributed by atoms with Gasteiger partial charge < -0.3 is 37.0 Å². The Morgan fingerprint density at radius 2 is 1.51 bits per heavy atom. The number of phenolic OH excluding ortho intramolecular Hbond substituents is 1. The van der Waals surface area contributed by atoms with Crippen molar-refractivity contribution in [1.82, 2.24) is 31.6 Å². The minimum atomic E-state index is -0.916. The van der Waals surface area contributed by atoms with Gasteiger partial charge in [-0.15, -0.1) is 11.3 Å². The minimum Gasteiger partial charge on any atom is -0.508 e. The number of aromatic nitrogens is 1. The first-order valence-corrected chi connectivity index (χ1v) is 13.7. The van der Waals surface area contributed by atoms with Crippen molar-refractivity contribution in [2.75, 3.05) is 25.5 Å². The van der Waals surface area contributed by atoms with Crippen molar-refractivity contribution in [2.24, 2.45) is 0 Å². The number of benzene rings is 1. The summed E-state index contributed by atoms with van der Waals surface area (Å²) in [6.45, 7) is 5.59. The van der Waals surface area contributed by atoms with Crippen LogP contribution in [0.5, 0.6) is 5.75 Å². The molecule has 0 fully saturated rings. The van der Waals surface area contributed by atoms with Gasteiger partial charge in [-0.2, -0.15) is 0 Å². The number of hydrogen-bond donors (Lipinski definition) is 7. The highest BCUT2D eigenvalue weighted by atomic mass is 32.1. The van der Waals surface area contributed by atoms with E-state index >= 15 is 0 Å². The predicted molar refractivity (Wildman–Crippen MR) is 149 cm³/mol. The number of fused-ring (bicyclic) bond motifs is 4. The predicted octanol–water partition coefficient (Wildman–Crippen LogP) is 0.0159. The van der Waals surface area contributed by atoms with Crippen LogP contribution in [-0.4, -0.2) is 78.0 Å². The second-order valence-corrected chi connectivity index (χ2v) is 10.7. The Kier molecular flexibility index (Phi) is 10.6. The second-order valence-electron chi connectivity index (χ2n) is 9.58. The SMILES string of the molecule is CN[C@H]1Cc2ccc(O)c(c2)Cc2cnc(s2)NCCCNC(=O)[C@H](C)NC(=O)[C@H](C)NC(=O)[C@H](C)NC1=O. The van der Waals surface area contributed by atoms with Crippen LogP contribution in [0.2, 0.25) is 0 Å². The first-order chi connectivity index (χ1) is 18.6. The normalized spacial score (nSPS) is 24.3. The maximum atomic E-state index is 12.9. The molecule has 0 spiro atoms. The lowest BCUT2D eigenvalue weighted by Gasteiger charge is -2.22. The van der Waals surface area contributed by atoms with Gasteiger partial charge in [0.05, 0.1) is 6.04 Å². The monoisotopic (exact) mass is 559 g/mol. The summed E-state index contributed by atoms with van der Waals surface area (Å²) in [5.41, 5.74) is 1.55. The third-order valence-electron chi connectivity index (χ3n) is 6.35. The number of likely N-dealkylation sites (N-methyl/N-ethyl adjacent to an activating group) is 1. The van der Waals surface area contributed by atoms with E-state index in [1.807, 2.05) is 6.07 Å². The number of rotatable bonds is 1. The van der Waals surface area contributed by atoms with E-state index in [9.17, 15) is 24.3 Å². The molecule has 13 heteroatoms. The van der Waals surface area contributed by atoms with Crippen molar-refractivity contribution in [3.63, 3.8) is 0 Å². The molecule has 3 rings (SSSR count). The summed E-state index contributed by atoms with van der Waals surface area (Å²) in [4.78, 5) is 55.8. The molecule has 4 atom stereocenters. The molecule has 2 aromatic rings. The van der Waals surface area contributed by atoms with E-state index in [1.54, 1.807) is 32.3 Å². The van der Waals surface area contributed by atoms with E-state index in [0.29, 0.717) is 37.9 Å². The van der Waals surface area contributed by atoms with Gasteiger partial charge in [0.1, 0.15) is 23.9 Å². The lowest BCUT2D eigenvalue weighted by Crippen LogP contribution is -2.56. The van der Waals surface area contributed by atoms with E-state index in [0.717, 1.165) is 15.6 Å². The first kappa shape index (κ1) is 29.8. The molecule has 0 unspecified atom stereocenters. The molecule has 1 aliphatic rings. The largest absolute Gasteiger partial charge is 0.508 e. The molecule has 212 valence electrons.